The maximum absolute atomic E-state index is 13.8. The van der Waals surface area contributed by atoms with E-state index in [-0.39, 0.29) is 18.4 Å². The van der Waals surface area contributed by atoms with Crippen LogP contribution in [0.25, 0.3) is 0 Å². The third-order valence-corrected chi connectivity index (χ3v) is 3.55. The van der Waals surface area contributed by atoms with Crippen LogP contribution in [0.5, 0.6) is 5.75 Å². The Labute approximate surface area is 133 Å². The van der Waals surface area contributed by atoms with Gasteiger partial charge in [0.15, 0.2) is 11.6 Å². The first-order valence-electron chi connectivity index (χ1n) is 6.90. The van der Waals surface area contributed by atoms with Gasteiger partial charge in [-0.2, -0.15) is 0 Å². The summed E-state index contributed by atoms with van der Waals surface area (Å²) in [5, 5.41) is 3.23. The zero-order chi connectivity index (χ0) is 15.5. The molecule has 8 heteroatoms. The Hall–Kier alpha value is -1.05. The molecular weight excluding hydrogens is 324 g/mol. The lowest BCUT2D eigenvalue weighted by Gasteiger charge is -2.34. The van der Waals surface area contributed by atoms with Gasteiger partial charge in [-0.15, -0.1) is 25.6 Å². The Bertz CT molecular complexity index is 478. The minimum atomic E-state index is -4.88. The molecule has 0 bridgehead atoms. The van der Waals surface area contributed by atoms with Crippen molar-refractivity contribution in [3.8, 4) is 5.75 Å². The highest BCUT2D eigenvalue weighted by Crippen LogP contribution is 2.30. The Morgan fingerprint density at radius 1 is 1.27 bits per heavy atom. The van der Waals surface area contributed by atoms with E-state index in [1.165, 1.54) is 6.07 Å². The summed E-state index contributed by atoms with van der Waals surface area (Å²) in [4.78, 5) is 2.20. The number of rotatable bonds is 4. The summed E-state index contributed by atoms with van der Waals surface area (Å²) < 4.78 is 53.8. The molecule has 1 N–H and O–H groups in total. The van der Waals surface area contributed by atoms with E-state index in [1.54, 1.807) is 0 Å². The number of benzene rings is 1. The summed E-state index contributed by atoms with van der Waals surface area (Å²) in [7, 11) is 0. The maximum Gasteiger partial charge on any atom is 0.573 e. The van der Waals surface area contributed by atoms with Gasteiger partial charge in [-0.1, -0.05) is 13.0 Å². The average Bonchev–Trinajstić information content (AvgIpc) is 2.42. The predicted molar refractivity (Wildman–Crippen MR) is 77.8 cm³/mol. The second kappa shape index (κ2) is 7.99. The lowest BCUT2D eigenvalue weighted by atomic mass is 10.0. The number of ether oxygens (including phenoxy) is 1. The van der Waals surface area contributed by atoms with Crippen molar-refractivity contribution < 1.29 is 22.3 Å². The number of hydrogen-bond acceptors (Lipinski definition) is 3. The molecule has 0 aromatic heterocycles. The monoisotopic (exact) mass is 342 g/mol. The standard InChI is InChI=1S/C14H18F4N2O.ClH/c1-2-12(20-7-5-19-6-8-20)10-3-4-13(11(15)9-10)21-14(16,17)18;/h3-4,9,12,19H,2,5-8H2,1H3;1H/t12-;/m0./s1. The molecular formula is C14H19ClF4N2O. The molecule has 0 spiro atoms. The summed E-state index contributed by atoms with van der Waals surface area (Å²) in [5.41, 5.74) is 0.673. The van der Waals surface area contributed by atoms with Gasteiger partial charge in [-0.3, -0.25) is 4.90 Å². The first-order chi connectivity index (χ1) is 9.90. The van der Waals surface area contributed by atoms with Crippen molar-refractivity contribution in [1.29, 1.82) is 0 Å². The Balaban J connectivity index is 0.00000242. The largest absolute Gasteiger partial charge is 0.573 e. The number of piperazine rings is 1. The zero-order valence-electron chi connectivity index (χ0n) is 12.1. The van der Waals surface area contributed by atoms with Gasteiger partial charge in [0.2, 0.25) is 0 Å². The fourth-order valence-corrected chi connectivity index (χ4v) is 2.63. The molecule has 1 aromatic carbocycles. The molecule has 22 heavy (non-hydrogen) atoms. The van der Waals surface area contributed by atoms with Crippen molar-refractivity contribution in [1.82, 2.24) is 10.2 Å². The molecule has 1 aliphatic rings. The van der Waals surface area contributed by atoms with Gasteiger partial charge in [0.05, 0.1) is 0 Å². The normalized spacial score (nSPS) is 17.7. The fraction of sp³-hybridized carbons (Fsp3) is 0.571. The van der Waals surface area contributed by atoms with Crippen LogP contribution in [0.3, 0.4) is 0 Å². The van der Waals surface area contributed by atoms with E-state index in [1.807, 2.05) is 6.92 Å². The highest BCUT2D eigenvalue weighted by Gasteiger charge is 2.32. The summed E-state index contributed by atoms with van der Waals surface area (Å²) in [6.07, 6.45) is -4.12. The third kappa shape index (κ3) is 5.00. The van der Waals surface area contributed by atoms with Crippen molar-refractivity contribution in [2.45, 2.75) is 25.7 Å². The first kappa shape index (κ1) is 19.0. The molecule has 0 saturated carbocycles. The molecule has 126 valence electrons. The molecule has 0 aliphatic carbocycles. The second-order valence-electron chi connectivity index (χ2n) is 4.95. The van der Waals surface area contributed by atoms with Crippen LogP contribution in [-0.2, 0) is 0 Å². The number of halogens is 5. The Morgan fingerprint density at radius 2 is 1.91 bits per heavy atom. The van der Waals surface area contributed by atoms with Gasteiger partial charge in [-0.25, -0.2) is 4.39 Å². The highest BCUT2D eigenvalue weighted by atomic mass is 35.5. The van der Waals surface area contributed by atoms with Crippen molar-refractivity contribution in [3.05, 3.63) is 29.6 Å². The highest BCUT2D eigenvalue weighted by molar-refractivity contribution is 5.85. The van der Waals surface area contributed by atoms with Gasteiger partial charge in [0.1, 0.15) is 0 Å². The van der Waals surface area contributed by atoms with E-state index < -0.39 is 17.9 Å². The predicted octanol–water partition coefficient (Wildman–Crippen LogP) is 3.50. The van der Waals surface area contributed by atoms with Crippen LogP contribution < -0.4 is 10.1 Å². The second-order valence-corrected chi connectivity index (χ2v) is 4.95. The number of alkyl halides is 3. The topological polar surface area (TPSA) is 24.5 Å². The van der Waals surface area contributed by atoms with Gasteiger partial charge >= 0.3 is 6.36 Å². The smallest absolute Gasteiger partial charge is 0.403 e. The van der Waals surface area contributed by atoms with E-state index in [2.05, 4.69) is 15.0 Å². The van der Waals surface area contributed by atoms with Crippen molar-refractivity contribution >= 4 is 12.4 Å². The van der Waals surface area contributed by atoms with Crippen molar-refractivity contribution in [3.63, 3.8) is 0 Å². The van der Waals surface area contributed by atoms with Crippen LogP contribution in [0.1, 0.15) is 24.9 Å². The summed E-state index contributed by atoms with van der Waals surface area (Å²) >= 11 is 0. The average molecular weight is 343 g/mol. The maximum atomic E-state index is 13.8. The molecule has 0 amide bonds. The van der Waals surface area contributed by atoms with Gasteiger partial charge in [-0.05, 0) is 24.1 Å². The van der Waals surface area contributed by atoms with E-state index in [4.69, 9.17) is 0 Å². The lowest BCUT2D eigenvalue weighted by Crippen LogP contribution is -2.45. The quantitative estimate of drug-likeness (QED) is 0.848. The van der Waals surface area contributed by atoms with Gasteiger partial charge in [0.25, 0.3) is 0 Å². The molecule has 1 fully saturated rings. The number of nitrogens with one attached hydrogen (secondary N) is 1. The number of hydrogen-bond donors (Lipinski definition) is 1. The van der Waals surface area contributed by atoms with Crippen LogP contribution in [0.2, 0.25) is 0 Å². The summed E-state index contributed by atoms with van der Waals surface area (Å²) in [5.74, 6) is -1.78. The molecule has 1 atom stereocenters. The molecule has 1 aromatic rings. The molecule has 1 heterocycles. The minimum Gasteiger partial charge on any atom is -0.403 e. The minimum absolute atomic E-state index is 0. The van der Waals surface area contributed by atoms with Gasteiger partial charge < -0.3 is 10.1 Å². The fourth-order valence-electron chi connectivity index (χ4n) is 2.63. The van der Waals surface area contributed by atoms with Gasteiger partial charge in [0, 0.05) is 32.2 Å². The van der Waals surface area contributed by atoms with Crippen LogP contribution in [0.15, 0.2) is 18.2 Å². The lowest BCUT2D eigenvalue weighted by molar-refractivity contribution is -0.275. The van der Waals surface area contributed by atoms with E-state index >= 15 is 0 Å². The zero-order valence-corrected chi connectivity index (χ0v) is 12.9. The Morgan fingerprint density at radius 3 is 2.41 bits per heavy atom. The van der Waals surface area contributed by atoms with Crippen LogP contribution in [0.4, 0.5) is 17.6 Å². The van der Waals surface area contributed by atoms with Crippen molar-refractivity contribution in [2.75, 3.05) is 26.2 Å². The molecule has 2 rings (SSSR count). The molecule has 0 unspecified atom stereocenters. The van der Waals surface area contributed by atoms with Crippen LogP contribution in [-0.4, -0.2) is 37.4 Å². The number of nitrogens with zero attached hydrogens (tertiary/aromatic N) is 1. The van der Waals surface area contributed by atoms with E-state index in [0.717, 1.165) is 44.7 Å². The molecule has 1 saturated heterocycles. The third-order valence-electron chi connectivity index (χ3n) is 3.55. The van der Waals surface area contributed by atoms with Crippen LogP contribution in [0, 0.1) is 5.82 Å². The van der Waals surface area contributed by atoms with E-state index in [9.17, 15) is 17.6 Å². The Kier molecular flexibility index (Phi) is 6.90. The van der Waals surface area contributed by atoms with Crippen LogP contribution >= 0.6 is 12.4 Å². The van der Waals surface area contributed by atoms with E-state index in [0.29, 0.717) is 5.56 Å². The molecule has 0 radical (unpaired) electrons. The first-order valence-corrected chi connectivity index (χ1v) is 6.90. The molecule has 1 aliphatic heterocycles. The molecule has 3 nitrogen and oxygen atoms in total. The van der Waals surface area contributed by atoms with Crippen molar-refractivity contribution in [2.24, 2.45) is 0 Å². The SMILES string of the molecule is CC[C@@H](c1ccc(OC(F)(F)F)c(F)c1)N1CCNCC1.Cl. The summed E-state index contributed by atoms with van der Waals surface area (Å²) in [6, 6.07) is 3.68. The summed E-state index contributed by atoms with van der Waals surface area (Å²) in [6.45, 7) is 5.36.